The fourth-order valence-corrected chi connectivity index (χ4v) is 6.93. The third-order valence-corrected chi connectivity index (χ3v) is 9.89. The van der Waals surface area contributed by atoms with Crippen LogP contribution in [0.3, 0.4) is 0 Å². The average Bonchev–Trinajstić information content (AvgIpc) is 3.54. The van der Waals surface area contributed by atoms with Crippen molar-refractivity contribution in [2.75, 3.05) is 10.6 Å². The lowest BCUT2D eigenvalue weighted by Crippen LogP contribution is -2.30. The Bertz CT molecular complexity index is 2060. The van der Waals surface area contributed by atoms with Crippen molar-refractivity contribution in [3.8, 4) is 0 Å². The molecule has 0 bridgehead atoms. The maximum Gasteiger partial charge on any atom is 0.272 e. The normalized spacial score (nSPS) is 12.0. The molecule has 9 heteroatoms. The van der Waals surface area contributed by atoms with Gasteiger partial charge in [0.1, 0.15) is 10.9 Å². The van der Waals surface area contributed by atoms with E-state index >= 15 is 0 Å². The first kappa shape index (κ1) is 33.4. The standard InChI is InChI=1S/C40H34N4O3S2/c1-26(2)28-19-17-27(18-20-28)25-34(42-37(45)30-13-7-4-8-14-30)38(46)41-31-21-23-32(24-22-31)48-36(29-11-5-3-6-12-29)39(47)44-40-43-33-15-9-10-16-35(33)49-40/h3-26,36H,1-2H3,(H,41,46)(H,42,45)(H,43,44,47)/b34-25-. The van der Waals surface area contributed by atoms with Crippen LogP contribution in [0.4, 0.5) is 10.8 Å². The number of nitrogens with one attached hydrogen (secondary N) is 3. The Morgan fingerprint density at radius 1 is 0.714 bits per heavy atom. The molecule has 1 aromatic heterocycles. The van der Waals surface area contributed by atoms with Gasteiger partial charge in [-0.25, -0.2) is 4.98 Å². The van der Waals surface area contributed by atoms with Crippen molar-refractivity contribution in [3.05, 3.63) is 161 Å². The number of rotatable bonds is 11. The molecular weight excluding hydrogens is 649 g/mol. The molecule has 5 aromatic carbocycles. The number of para-hydroxylation sites is 1. The third-order valence-electron chi connectivity index (χ3n) is 7.67. The lowest BCUT2D eigenvalue weighted by Gasteiger charge is -2.17. The first-order valence-electron chi connectivity index (χ1n) is 15.8. The lowest BCUT2D eigenvalue weighted by molar-refractivity contribution is -0.116. The minimum absolute atomic E-state index is 0.111. The third kappa shape index (κ3) is 8.70. The second kappa shape index (κ2) is 15.6. The van der Waals surface area contributed by atoms with Crippen molar-refractivity contribution < 1.29 is 14.4 Å². The van der Waals surface area contributed by atoms with Gasteiger partial charge in [0.15, 0.2) is 5.13 Å². The Balaban J connectivity index is 1.18. The lowest BCUT2D eigenvalue weighted by atomic mass is 10.0. The van der Waals surface area contributed by atoms with Gasteiger partial charge in [-0.1, -0.05) is 110 Å². The Morgan fingerprint density at radius 3 is 2.04 bits per heavy atom. The number of benzene rings is 5. The summed E-state index contributed by atoms with van der Waals surface area (Å²) in [4.78, 5) is 45.6. The Hall–Kier alpha value is -5.51. The second-order valence-electron chi connectivity index (χ2n) is 11.6. The minimum Gasteiger partial charge on any atom is -0.321 e. The maximum atomic E-state index is 13.6. The van der Waals surface area contributed by atoms with Gasteiger partial charge in [0.05, 0.1) is 10.2 Å². The molecule has 0 aliphatic heterocycles. The molecule has 0 radical (unpaired) electrons. The summed E-state index contributed by atoms with van der Waals surface area (Å²) in [6, 6.07) is 41.3. The predicted octanol–water partition coefficient (Wildman–Crippen LogP) is 9.30. The van der Waals surface area contributed by atoms with Crippen LogP contribution in [0.25, 0.3) is 16.3 Å². The number of thioether (sulfide) groups is 1. The highest BCUT2D eigenvalue weighted by Crippen LogP contribution is 2.37. The highest BCUT2D eigenvalue weighted by Gasteiger charge is 2.23. The smallest absolute Gasteiger partial charge is 0.272 e. The topological polar surface area (TPSA) is 100 Å². The molecule has 6 aromatic rings. The molecule has 0 saturated heterocycles. The van der Waals surface area contributed by atoms with Gasteiger partial charge in [-0.05, 0) is 77.2 Å². The SMILES string of the molecule is CC(C)c1ccc(/C=C(\NC(=O)c2ccccc2)C(=O)Nc2ccc(SC(C(=O)Nc3nc4ccccc4s3)c3ccccc3)cc2)cc1. The van der Waals surface area contributed by atoms with Gasteiger partial charge in [0.25, 0.3) is 11.8 Å². The summed E-state index contributed by atoms with van der Waals surface area (Å²) in [6.07, 6.45) is 1.67. The molecule has 6 rings (SSSR count). The van der Waals surface area contributed by atoms with E-state index in [1.165, 1.54) is 28.7 Å². The highest BCUT2D eigenvalue weighted by molar-refractivity contribution is 8.00. The van der Waals surface area contributed by atoms with E-state index < -0.39 is 11.2 Å². The Morgan fingerprint density at radius 2 is 1.37 bits per heavy atom. The molecule has 1 unspecified atom stereocenters. The first-order chi connectivity index (χ1) is 23.8. The number of carbonyl (C=O) groups is 3. The number of hydrogen-bond acceptors (Lipinski definition) is 6. The van der Waals surface area contributed by atoms with Gasteiger partial charge in [-0.3, -0.25) is 14.4 Å². The summed E-state index contributed by atoms with van der Waals surface area (Å²) in [5.41, 5.74) is 4.75. The van der Waals surface area contributed by atoms with Crippen LogP contribution < -0.4 is 16.0 Å². The van der Waals surface area contributed by atoms with Crippen LogP contribution in [0.1, 0.15) is 52.1 Å². The van der Waals surface area contributed by atoms with E-state index in [9.17, 15) is 14.4 Å². The van der Waals surface area contributed by atoms with Gasteiger partial charge in [-0.2, -0.15) is 0 Å². The van der Waals surface area contributed by atoms with Crippen molar-refractivity contribution >= 4 is 67.9 Å². The summed E-state index contributed by atoms with van der Waals surface area (Å²) >= 11 is 2.84. The zero-order valence-corrected chi connectivity index (χ0v) is 28.6. The molecule has 0 aliphatic rings. The van der Waals surface area contributed by atoms with Crippen LogP contribution >= 0.6 is 23.1 Å². The molecular formula is C40H34N4O3S2. The molecule has 3 N–H and O–H groups in total. The summed E-state index contributed by atoms with van der Waals surface area (Å²) in [5, 5.41) is 8.71. The van der Waals surface area contributed by atoms with E-state index in [1.807, 2.05) is 97.1 Å². The van der Waals surface area contributed by atoms with Crippen LogP contribution in [0.15, 0.2) is 144 Å². The van der Waals surface area contributed by atoms with Crippen molar-refractivity contribution in [2.45, 2.75) is 29.9 Å². The van der Waals surface area contributed by atoms with Crippen molar-refractivity contribution in [1.29, 1.82) is 0 Å². The highest BCUT2D eigenvalue weighted by atomic mass is 32.2. The second-order valence-corrected chi connectivity index (χ2v) is 13.8. The number of nitrogens with zero attached hydrogens (tertiary/aromatic N) is 1. The molecule has 0 aliphatic carbocycles. The number of carbonyl (C=O) groups excluding carboxylic acids is 3. The van der Waals surface area contributed by atoms with E-state index in [0.717, 1.165) is 26.2 Å². The molecule has 7 nitrogen and oxygen atoms in total. The summed E-state index contributed by atoms with van der Waals surface area (Å²) in [7, 11) is 0. The van der Waals surface area contributed by atoms with Crippen molar-refractivity contribution in [2.24, 2.45) is 0 Å². The number of amides is 3. The van der Waals surface area contributed by atoms with Gasteiger partial charge >= 0.3 is 0 Å². The fraction of sp³-hybridized carbons (Fsp3) is 0.100. The van der Waals surface area contributed by atoms with Crippen LogP contribution in [0, 0.1) is 0 Å². The number of thiazole rings is 1. The number of aromatic nitrogens is 1. The van der Waals surface area contributed by atoms with Gasteiger partial charge < -0.3 is 16.0 Å². The van der Waals surface area contributed by atoms with Gasteiger partial charge in [0.2, 0.25) is 5.91 Å². The monoisotopic (exact) mass is 682 g/mol. The first-order valence-corrected chi connectivity index (χ1v) is 17.5. The van der Waals surface area contributed by atoms with E-state index in [-0.39, 0.29) is 17.5 Å². The predicted molar refractivity (Wildman–Crippen MR) is 201 cm³/mol. The summed E-state index contributed by atoms with van der Waals surface area (Å²) in [5.74, 6) is -0.660. The molecule has 0 saturated carbocycles. The molecule has 244 valence electrons. The van der Waals surface area contributed by atoms with Crippen LogP contribution in [0.2, 0.25) is 0 Å². The van der Waals surface area contributed by atoms with Crippen LogP contribution in [0.5, 0.6) is 0 Å². The van der Waals surface area contributed by atoms with E-state index in [2.05, 4.69) is 34.8 Å². The number of hydrogen-bond donors (Lipinski definition) is 3. The zero-order valence-electron chi connectivity index (χ0n) is 26.9. The molecule has 3 amide bonds. The molecule has 49 heavy (non-hydrogen) atoms. The molecule has 0 fully saturated rings. The fourth-order valence-electron chi connectivity index (χ4n) is 5.03. The average molecular weight is 683 g/mol. The zero-order chi connectivity index (χ0) is 34.2. The van der Waals surface area contributed by atoms with E-state index in [4.69, 9.17) is 0 Å². The summed E-state index contributed by atoms with van der Waals surface area (Å²) in [6.45, 7) is 4.24. The van der Waals surface area contributed by atoms with E-state index in [0.29, 0.717) is 22.3 Å². The van der Waals surface area contributed by atoms with Crippen molar-refractivity contribution in [3.63, 3.8) is 0 Å². The minimum atomic E-state index is -0.543. The van der Waals surface area contributed by atoms with Gasteiger partial charge in [-0.15, -0.1) is 11.8 Å². The molecule has 0 spiro atoms. The van der Waals surface area contributed by atoms with Gasteiger partial charge in [0, 0.05) is 16.1 Å². The van der Waals surface area contributed by atoms with E-state index in [1.54, 1.807) is 42.5 Å². The molecule has 1 heterocycles. The molecule has 1 atom stereocenters. The Kier molecular flexibility index (Phi) is 10.6. The van der Waals surface area contributed by atoms with Crippen molar-refractivity contribution in [1.82, 2.24) is 10.3 Å². The summed E-state index contributed by atoms with van der Waals surface area (Å²) < 4.78 is 1.00. The Labute approximate surface area is 293 Å². The van der Waals surface area contributed by atoms with Crippen LogP contribution in [-0.2, 0) is 9.59 Å². The number of anilines is 2. The van der Waals surface area contributed by atoms with Crippen LogP contribution in [-0.4, -0.2) is 22.7 Å². The largest absolute Gasteiger partial charge is 0.321 e. The number of fused-ring (bicyclic) bond motifs is 1. The quantitative estimate of drug-likeness (QED) is 0.0935. The maximum absolute atomic E-state index is 13.6.